The van der Waals surface area contributed by atoms with Gasteiger partial charge in [0.05, 0.1) is 11.1 Å². The van der Waals surface area contributed by atoms with Crippen LogP contribution in [0, 0.1) is 11.7 Å². The monoisotopic (exact) mass is 287 g/mol. The summed E-state index contributed by atoms with van der Waals surface area (Å²) < 4.78 is 51.9. The molecule has 2 bridgehead atoms. The Balaban J connectivity index is 1.93. The quantitative estimate of drug-likeness (QED) is 0.724. The van der Waals surface area contributed by atoms with Crippen LogP contribution in [0.4, 0.5) is 17.6 Å². The maximum atomic E-state index is 13.9. The third-order valence-corrected chi connectivity index (χ3v) is 4.20. The molecule has 1 aliphatic heterocycles. The van der Waals surface area contributed by atoms with Crippen LogP contribution in [0.1, 0.15) is 35.2 Å². The average molecular weight is 287 g/mol. The first-order chi connectivity index (χ1) is 9.38. The Hall–Kier alpha value is -1.59. The Morgan fingerprint density at radius 3 is 2.55 bits per heavy atom. The summed E-state index contributed by atoms with van der Waals surface area (Å²) in [5.74, 6) is -1.67. The normalized spacial score (nSPS) is 25.3. The van der Waals surface area contributed by atoms with Crippen LogP contribution in [-0.4, -0.2) is 23.4 Å². The van der Waals surface area contributed by atoms with Gasteiger partial charge in [0.1, 0.15) is 5.82 Å². The molecule has 1 aromatic rings. The first-order valence-electron chi connectivity index (χ1n) is 6.54. The molecule has 0 aromatic heterocycles. The Bertz CT molecular complexity index is 555. The third kappa shape index (κ3) is 2.07. The second-order valence-electron chi connectivity index (χ2n) is 5.46. The number of hydrogen-bond acceptors (Lipinski definition) is 1. The van der Waals surface area contributed by atoms with Crippen molar-refractivity contribution < 1.29 is 22.4 Å². The molecule has 2 nitrogen and oxygen atoms in total. The second-order valence-corrected chi connectivity index (χ2v) is 5.46. The number of amides is 1. The lowest BCUT2D eigenvalue weighted by Gasteiger charge is -2.27. The molecule has 0 radical (unpaired) electrons. The van der Waals surface area contributed by atoms with Gasteiger partial charge in [-0.15, -0.1) is 0 Å². The zero-order valence-electron chi connectivity index (χ0n) is 10.6. The molecule has 1 aromatic carbocycles. The van der Waals surface area contributed by atoms with Crippen molar-refractivity contribution in [3.63, 3.8) is 0 Å². The number of benzene rings is 1. The van der Waals surface area contributed by atoms with Crippen LogP contribution in [0.3, 0.4) is 0 Å². The van der Waals surface area contributed by atoms with Crippen molar-refractivity contribution in [3.8, 4) is 0 Å². The van der Waals surface area contributed by atoms with Crippen LogP contribution in [0.15, 0.2) is 18.2 Å². The molecule has 1 saturated carbocycles. The molecule has 3 rings (SSSR count). The minimum absolute atomic E-state index is 0.0569. The minimum atomic E-state index is -4.79. The standard InChI is InChI=1S/C14H13F4NO/c15-12-10(2-1-3-11(12)14(16,17)18)13(20)19-7-8-4-5-9(19)6-8/h1-3,8-9H,4-7H2. The van der Waals surface area contributed by atoms with Gasteiger partial charge in [-0.05, 0) is 37.3 Å². The number of carbonyl (C=O) groups is 1. The Morgan fingerprint density at radius 1 is 1.25 bits per heavy atom. The number of hydrogen-bond donors (Lipinski definition) is 0. The van der Waals surface area contributed by atoms with Crippen LogP contribution in [0.2, 0.25) is 0 Å². The number of alkyl halides is 3. The van der Waals surface area contributed by atoms with Crippen molar-refractivity contribution in [1.29, 1.82) is 0 Å². The van der Waals surface area contributed by atoms with Gasteiger partial charge >= 0.3 is 6.18 Å². The molecule has 2 atom stereocenters. The minimum Gasteiger partial charge on any atom is -0.335 e. The van der Waals surface area contributed by atoms with Gasteiger partial charge < -0.3 is 4.90 Å². The van der Waals surface area contributed by atoms with Crippen molar-refractivity contribution in [3.05, 3.63) is 35.1 Å². The molecule has 2 unspecified atom stereocenters. The molecular formula is C14H13F4NO. The van der Waals surface area contributed by atoms with Gasteiger partial charge in [0.25, 0.3) is 5.91 Å². The predicted molar refractivity (Wildman–Crippen MR) is 63.6 cm³/mol. The molecular weight excluding hydrogens is 274 g/mol. The largest absolute Gasteiger partial charge is 0.419 e. The summed E-state index contributed by atoms with van der Waals surface area (Å²) in [7, 11) is 0. The van der Waals surface area contributed by atoms with Gasteiger partial charge in [0.15, 0.2) is 0 Å². The maximum Gasteiger partial charge on any atom is 0.419 e. The van der Waals surface area contributed by atoms with E-state index in [1.54, 1.807) is 0 Å². The molecule has 20 heavy (non-hydrogen) atoms. The Morgan fingerprint density at radius 2 is 2.00 bits per heavy atom. The zero-order chi connectivity index (χ0) is 14.5. The van der Waals surface area contributed by atoms with E-state index in [2.05, 4.69) is 0 Å². The number of piperidine rings is 1. The highest BCUT2D eigenvalue weighted by Crippen LogP contribution is 2.39. The number of likely N-dealkylation sites (tertiary alicyclic amines) is 1. The first-order valence-corrected chi connectivity index (χ1v) is 6.54. The van der Waals surface area contributed by atoms with E-state index in [1.165, 1.54) is 4.90 Å². The van der Waals surface area contributed by atoms with Crippen LogP contribution < -0.4 is 0 Å². The van der Waals surface area contributed by atoms with E-state index in [-0.39, 0.29) is 6.04 Å². The van der Waals surface area contributed by atoms with E-state index in [0.29, 0.717) is 18.5 Å². The van der Waals surface area contributed by atoms with Crippen LogP contribution in [0.5, 0.6) is 0 Å². The SMILES string of the molecule is O=C(c1cccc(C(F)(F)F)c1F)N1CC2CCC1C2. The van der Waals surface area contributed by atoms with Gasteiger partial charge in [-0.3, -0.25) is 4.79 Å². The number of rotatable bonds is 1. The molecule has 1 heterocycles. The highest BCUT2D eigenvalue weighted by molar-refractivity contribution is 5.95. The maximum absolute atomic E-state index is 13.9. The van der Waals surface area contributed by atoms with Gasteiger partial charge in [-0.2, -0.15) is 13.2 Å². The van der Waals surface area contributed by atoms with Crippen molar-refractivity contribution >= 4 is 5.91 Å². The Kier molecular flexibility index (Phi) is 2.99. The number of nitrogens with zero attached hydrogens (tertiary/aromatic N) is 1. The number of fused-ring (bicyclic) bond motifs is 2. The summed E-state index contributed by atoms with van der Waals surface area (Å²) in [6.07, 6.45) is -2.01. The predicted octanol–water partition coefficient (Wildman–Crippen LogP) is 3.47. The smallest absolute Gasteiger partial charge is 0.335 e. The Labute approximate surface area is 113 Å². The summed E-state index contributed by atoms with van der Waals surface area (Å²) in [5.41, 5.74) is -1.86. The zero-order valence-corrected chi connectivity index (χ0v) is 10.6. The highest BCUT2D eigenvalue weighted by Gasteiger charge is 2.42. The second kappa shape index (κ2) is 4.46. The summed E-state index contributed by atoms with van der Waals surface area (Å²) in [6, 6.07) is 2.91. The van der Waals surface area contributed by atoms with Crippen LogP contribution in [-0.2, 0) is 6.18 Å². The molecule has 1 amide bonds. The topological polar surface area (TPSA) is 20.3 Å². The van der Waals surface area contributed by atoms with E-state index in [4.69, 9.17) is 0 Å². The van der Waals surface area contributed by atoms with E-state index in [1.807, 2.05) is 0 Å². The molecule has 1 saturated heterocycles. The molecule has 6 heteroatoms. The van der Waals surface area contributed by atoms with Crippen molar-refractivity contribution in [2.45, 2.75) is 31.5 Å². The van der Waals surface area contributed by atoms with E-state index in [0.717, 1.165) is 31.4 Å². The lowest BCUT2D eigenvalue weighted by molar-refractivity contribution is -0.140. The fourth-order valence-corrected chi connectivity index (χ4v) is 3.24. The van der Waals surface area contributed by atoms with Gasteiger partial charge in [0.2, 0.25) is 0 Å². The van der Waals surface area contributed by atoms with Crippen molar-refractivity contribution in [1.82, 2.24) is 4.90 Å². The fraction of sp³-hybridized carbons (Fsp3) is 0.500. The van der Waals surface area contributed by atoms with E-state index < -0.39 is 29.0 Å². The lowest BCUT2D eigenvalue weighted by atomic mass is 10.1. The molecule has 2 fully saturated rings. The number of carbonyl (C=O) groups excluding carboxylic acids is 1. The van der Waals surface area contributed by atoms with Gasteiger partial charge in [-0.1, -0.05) is 6.07 Å². The summed E-state index contributed by atoms with van der Waals surface area (Å²) in [5, 5.41) is 0. The molecule has 1 aliphatic carbocycles. The van der Waals surface area contributed by atoms with Crippen molar-refractivity contribution in [2.24, 2.45) is 5.92 Å². The molecule has 2 aliphatic rings. The first kappa shape index (κ1) is 13.4. The fourth-order valence-electron chi connectivity index (χ4n) is 3.24. The van der Waals surface area contributed by atoms with Gasteiger partial charge in [0, 0.05) is 12.6 Å². The van der Waals surface area contributed by atoms with E-state index >= 15 is 0 Å². The van der Waals surface area contributed by atoms with Crippen LogP contribution in [0.25, 0.3) is 0 Å². The number of halogens is 4. The summed E-state index contributed by atoms with van der Waals surface area (Å²) >= 11 is 0. The third-order valence-electron chi connectivity index (χ3n) is 4.20. The summed E-state index contributed by atoms with van der Waals surface area (Å²) in [4.78, 5) is 13.8. The summed E-state index contributed by atoms with van der Waals surface area (Å²) in [6.45, 7) is 0.527. The molecule has 108 valence electrons. The molecule has 0 spiro atoms. The average Bonchev–Trinajstić information content (AvgIpc) is 2.99. The lowest BCUT2D eigenvalue weighted by Crippen LogP contribution is -2.38. The highest BCUT2D eigenvalue weighted by atomic mass is 19.4. The van der Waals surface area contributed by atoms with E-state index in [9.17, 15) is 22.4 Å². The van der Waals surface area contributed by atoms with Crippen molar-refractivity contribution in [2.75, 3.05) is 6.54 Å². The molecule has 0 N–H and O–H groups in total. The van der Waals surface area contributed by atoms with Gasteiger partial charge in [-0.25, -0.2) is 4.39 Å². The van der Waals surface area contributed by atoms with Crippen LogP contribution >= 0.6 is 0 Å².